The smallest absolute Gasteiger partial charge is 0.334 e. The van der Waals surface area contributed by atoms with E-state index in [0.717, 1.165) is 20.5 Å². The Morgan fingerprint density at radius 3 is 2.62 bits per heavy atom. The molecule has 8 nitrogen and oxygen atoms in total. The molecule has 0 fully saturated rings. The van der Waals surface area contributed by atoms with Crippen LogP contribution in [0.3, 0.4) is 0 Å². The molecule has 4 aromatic rings. The molecule has 0 unspecified atom stereocenters. The third-order valence-electron chi connectivity index (χ3n) is 3.78. The van der Waals surface area contributed by atoms with Crippen molar-refractivity contribution in [2.24, 2.45) is 0 Å². The van der Waals surface area contributed by atoms with Crippen LogP contribution in [-0.2, 0) is 6.54 Å². The lowest BCUT2D eigenvalue weighted by Gasteiger charge is -1.99. The molecule has 2 heterocycles. The molecule has 26 heavy (non-hydrogen) atoms. The fraction of sp³-hybridized carbons (Fsp3) is 0.118. The molecule has 2 aromatic heterocycles. The molecular formula is C17H13ClN6O2. The Balaban J connectivity index is 1.60. The van der Waals surface area contributed by atoms with Crippen LogP contribution in [0.15, 0.2) is 57.8 Å². The summed E-state index contributed by atoms with van der Waals surface area (Å²) in [6.07, 6.45) is 0. The lowest BCUT2D eigenvalue weighted by Crippen LogP contribution is -2.25. The Bertz CT molecular complexity index is 1110. The minimum atomic E-state index is -0.445. The quantitative estimate of drug-likeness (QED) is 0.549. The van der Waals surface area contributed by atoms with E-state index in [2.05, 4.69) is 20.6 Å². The number of aryl methyl sites for hydroxylation is 1. The number of para-hydroxylation sites is 1. The fourth-order valence-electron chi connectivity index (χ4n) is 2.41. The second-order valence-corrected chi connectivity index (χ2v) is 6.07. The van der Waals surface area contributed by atoms with Crippen molar-refractivity contribution in [1.82, 2.24) is 29.9 Å². The van der Waals surface area contributed by atoms with Crippen molar-refractivity contribution in [3.63, 3.8) is 0 Å². The Labute approximate surface area is 152 Å². The van der Waals surface area contributed by atoms with Gasteiger partial charge in [0, 0.05) is 5.56 Å². The van der Waals surface area contributed by atoms with E-state index in [0.29, 0.717) is 22.4 Å². The third kappa shape index (κ3) is 3.02. The highest BCUT2D eigenvalue weighted by Crippen LogP contribution is 2.18. The van der Waals surface area contributed by atoms with Gasteiger partial charge in [0.1, 0.15) is 6.54 Å². The number of hydrogen-bond donors (Lipinski definition) is 0. The van der Waals surface area contributed by atoms with Crippen LogP contribution < -0.4 is 5.69 Å². The minimum Gasteiger partial charge on any atom is -0.334 e. The second kappa shape index (κ2) is 6.57. The normalized spacial score (nSPS) is 11.0. The van der Waals surface area contributed by atoms with Crippen molar-refractivity contribution in [1.29, 1.82) is 0 Å². The molecular weight excluding hydrogens is 356 g/mol. The largest absolute Gasteiger partial charge is 0.368 e. The Morgan fingerprint density at radius 2 is 1.85 bits per heavy atom. The summed E-state index contributed by atoms with van der Waals surface area (Å²) in [4.78, 5) is 16.8. The van der Waals surface area contributed by atoms with Crippen LogP contribution in [0.1, 0.15) is 11.4 Å². The maximum atomic E-state index is 12.5. The number of halogens is 1. The van der Waals surface area contributed by atoms with Crippen LogP contribution in [0.2, 0.25) is 5.02 Å². The third-order valence-corrected chi connectivity index (χ3v) is 4.10. The molecule has 130 valence electrons. The van der Waals surface area contributed by atoms with Gasteiger partial charge in [-0.15, -0.1) is 0 Å². The van der Waals surface area contributed by atoms with Gasteiger partial charge >= 0.3 is 5.69 Å². The molecule has 0 spiro atoms. The van der Waals surface area contributed by atoms with Gasteiger partial charge in [-0.25, -0.2) is 4.79 Å². The van der Waals surface area contributed by atoms with Crippen molar-refractivity contribution in [3.8, 4) is 17.1 Å². The van der Waals surface area contributed by atoms with Gasteiger partial charge in [0.2, 0.25) is 0 Å². The van der Waals surface area contributed by atoms with Gasteiger partial charge < -0.3 is 4.52 Å². The van der Waals surface area contributed by atoms with Gasteiger partial charge in [-0.2, -0.15) is 14.3 Å². The van der Waals surface area contributed by atoms with E-state index in [4.69, 9.17) is 16.1 Å². The van der Waals surface area contributed by atoms with E-state index >= 15 is 0 Å². The molecule has 2 aromatic carbocycles. The highest BCUT2D eigenvalue weighted by molar-refractivity contribution is 6.32. The van der Waals surface area contributed by atoms with Crippen molar-refractivity contribution >= 4 is 11.6 Å². The standard InChI is InChI=1S/C17H13ClN6O2/c1-11-6-8-12(9-7-11)16-19-15(20-26-16)10-23-17(25)24(22-21-23)14-5-3-2-4-13(14)18/h2-9H,10H2,1H3. The van der Waals surface area contributed by atoms with Gasteiger partial charge in [0.15, 0.2) is 5.82 Å². The molecule has 0 amide bonds. The van der Waals surface area contributed by atoms with Gasteiger partial charge in [0.05, 0.1) is 10.7 Å². The second-order valence-electron chi connectivity index (χ2n) is 5.66. The highest BCUT2D eigenvalue weighted by Gasteiger charge is 2.15. The summed E-state index contributed by atoms with van der Waals surface area (Å²) < 4.78 is 7.53. The average molecular weight is 369 g/mol. The van der Waals surface area contributed by atoms with E-state index < -0.39 is 5.69 Å². The van der Waals surface area contributed by atoms with E-state index in [9.17, 15) is 4.79 Å². The van der Waals surface area contributed by atoms with E-state index in [1.807, 2.05) is 31.2 Å². The summed E-state index contributed by atoms with van der Waals surface area (Å²) in [6.45, 7) is 2.04. The average Bonchev–Trinajstić information content (AvgIpc) is 3.24. The molecule has 0 saturated heterocycles. The van der Waals surface area contributed by atoms with Gasteiger partial charge in [0.25, 0.3) is 5.89 Å². The molecule has 9 heteroatoms. The number of nitrogens with zero attached hydrogens (tertiary/aromatic N) is 6. The van der Waals surface area contributed by atoms with Crippen molar-refractivity contribution in [2.45, 2.75) is 13.5 Å². The van der Waals surface area contributed by atoms with Gasteiger partial charge in [-0.3, -0.25) is 0 Å². The molecule has 4 rings (SSSR count). The number of tetrazole rings is 1. The van der Waals surface area contributed by atoms with Gasteiger partial charge in [-0.1, -0.05) is 46.6 Å². The minimum absolute atomic E-state index is 0.0403. The van der Waals surface area contributed by atoms with E-state index in [-0.39, 0.29) is 6.54 Å². The first-order valence-electron chi connectivity index (χ1n) is 7.79. The zero-order chi connectivity index (χ0) is 18.1. The predicted molar refractivity (Wildman–Crippen MR) is 94.2 cm³/mol. The zero-order valence-corrected chi connectivity index (χ0v) is 14.5. The summed E-state index contributed by atoms with van der Waals surface area (Å²) in [5, 5.41) is 12.0. The molecule has 0 aliphatic carbocycles. The monoisotopic (exact) mass is 368 g/mol. The topological polar surface area (TPSA) is 91.6 Å². The first-order valence-corrected chi connectivity index (χ1v) is 8.17. The van der Waals surface area contributed by atoms with Crippen LogP contribution in [0.5, 0.6) is 0 Å². The fourth-order valence-corrected chi connectivity index (χ4v) is 2.63. The van der Waals surface area contributed by atoms with Crippen LogP contribution >= 0.6 is 11.6 Å². The lowest BCUT2D eigenvalue weighted by molar-refractivity contribution is 0.417. The van der Waals surface area contributed by atoms with Crippen LogP contribution in [0, 0.1) is 6.92 Å². The Morgan fingerprint density at radius 1 is 1.08 bits per heavy atom. The van der Waals surface area contributed by atoms with Crippen molar-refractivity contribution in [3.05, 3.63) is 75.4 Å². The lowest BCUT2D eigenvalue weighted by atomic mass is 10.1. The maximum Gasteiger partial charge on any atom is 0.368 e. The highest BCUT2D eigenvalue weighted by atomic mass is 35.5. The van der Waals surface area contributed by atoms with E-state index in [1.54, 1.807) is 24.3 Å². The molecule has 0 aliphatic heterocycles. The number of benzene rings is 2. The molecule has 0 N–H and O–H groups in total. The Hall–Kier alpha value is -3.26. The first kappa shape index (κ1) is 16.2. The van der Waals surface area contributed by atoms with E-state index in [1.165, 1.54) is 0 Å². The summed E-state index contributed by atoms with van der Waals surface area (Å²) in [6, 6.07) is 14.6. The zero-order valence-electron chi connectivity index (χ0n) is 13.7. The number of rotatable bonds is 4. The van der Waals surface area contributed by atoms with Crippen LogP contribution in [0.25, 0.3) is 17.1 Å². The van der Waals surface area contributed by atoms with Crippen molar-refractivity contribution in [2.75, 3.05) is 0 Å². The molecule has 0 radical (unpaired) electrons. The summed E-state index contributed by atoms with van der Waals surface area (Å²) in [5.41, 5.74) is 1.95. The summed E-state index contributed by atoms with van der Waals surface area (Å²) >= 11 is 6.11. The first-order chi connectivity index (χ1) is 12.6. The van der Waals surface area contributed by atoms with Crippen molar-refractivity contribution < 1.29 is 4.52 Å². The molecule has 0 bridgehead atoms. The maximum absolute atomic E-state index is 12.5. The van der Waals surface area contributed by atoms with Gasteiger partial charge in [-0.05, 0) is 41.6 Å². The summed E-state index contributed by atoms with van der Waals surface area (Å²) in [5.74, 6) is 0.709. The number of hydrogen-bond acceptors (Lipinski definition) is 6. The predicted octanol–water partition coefficient (Wildman–Crippen LogP) is 2.49. The molecule has 0 saturated carbocycles. The van der Waals surface area contributed by atoms with Crippen LogP contribution in [0.4, 0.5) is 0 Å². The summed E-state index contributed by atoms with van der Waals surface area (Å²) in [7, 11) is 0. The Kier molecular flexibility index (Phi) is 4.10. The molecule has 0 aliphatic rings. The molecule has 0 atom stereocenters. The number of aromatic nitrogens is 6. The van der Waals surface area contributed by atoms with Crippen LogP contribution in [-0.4, -0.2) is 29.9 Å². The SMILES string of the molecule is Cc1ccc(-c2nc(Cn3nnn(-c4ccccc4Cl)c3=O)no2)cc1.